The minimum atomic E-state index is -4.08. The van der Waals surface area contributed by atoms with Gasteiger partial charge in [0.25, 0.3) is 10.0 Å². The molecule has 0 atom stereocenters. The van der Waals surface area contributed by atoms with Crippen molar-refractivity contribution in [2.45, 2.75) is 31.6 Å². The first-order valence-corrected chi connectivity index (χ1v) is 11.4. The first kappa shape index (κ1) is 22.5. The Labute approximate surface area is 182 Å². The highest BCUT2D eigenvalue weighted by atomic mass is 32.2. The number of aryl methyl sites for hydroxylation is 1. The lowest BCUT2D eigenvalue weighted by Gasteiger charge is -2.24. The number of carbonyl (C=O) groups excluding carboxylic acids is 1. The first-order valence-electron chi connectivity index (χ1n) is 9.91. The van der Waals surface area contributed by atoms with Crippen molar-refractivity contribution < 1.29 is 17.6 Å². The summed E-state index contributed by atoms with van der Waals surface area (Å²) in [5.74, 6) is -0.658. The molecular weight excluding hydrogens is 415 g/mol. The fourth-order valence-corrected chi connectivity index (χ4v) is 4.46. The third-order valence-corrected chi connectivity index (χ3v) is 6.66. The number of hydrogen-bond donors (Lipinski definition) is 1. The van der Waals surface area contributed by atoms with Gasteiger partial charge in [-0.15, -0.1) is 0 Å². The zero-order valence-electron chi connectivity index (χ0n) is 17.7. The number of anilines is 2. The molecule has 31 heavy (non-hydrogen) atoms. The molecule has 0 aliphatic carbocycles. The van der Waals surface area contributed by atoms with Crippen LogP contribution >= 0.6 is 0 Å². The maximum Gasteiger partial charge on any atom is 0.264 e. The van der Waals surface area contributed by atoms with E-state index in [4.69, 9.17) is 0 Å². The predicted molar refractivity (Wildman–Crippen MR) is 121 cm³/mol. The van der Waals surface area contributed by atoms with Crippen molar-refractivity contribution in [1.29, 1.82) is 0 Å². The van der Waals surface area contributed by atoms with E-state index < -0.39 is 28.3 Å². The Morgan fingerprint density at radius 2 is 1.52 bits per heavy atom. The Balaban J connectivity index is 1.88. The van der Waals surface area contributed by atoms with Gasteiger partial charge in [0.1, 0.15) is 12.4 Å². The fraction of sp³-hybridized carbons (Fsp3) is 0.208. The summed E-state index contributed by atoms with van der Waals surface area (Å²) in [5.41, 5.74) is 3.02. The van der Waals surface area contributed by atoms with Gasteiger partial charge in [0.15, 0.2) is 0 Å². The highest BCUT2D eigenvalue weighted by molar-refractivity contribution is 7.92. The van der Waals surface area contributed by atoms with Crippen LogP contribution in [0, 0.1) is 12.7 Å². The van der Waals surface area contributed by atoms with Gasteiger partial charge in [-0.1, -0.05) is 43.7 Å². The summed E-state index contributed by atoms with van der Waals surface area (Å²) < 4.78 is 40.8. The van der Waals surface area contributed by atoms with Crippen LogP contribution in [0.3, 0.4) is 0 Å². The van der Waals surface area contributed by atoms with Crippen LogP contribution in [0.4, 0.5) is 15.8 Å². The minimum absolute atomic E-state index is 0.0939. The average Bonchev–Trinajstić information content (AvgIpc) is 2.73. The standard InChI is InChI=1S/C24H25FN2O3S/c1-17(2)19-6-10-21(11-7-19)26-24(28)16-27(22-12-4-18(3)5-13-22)31(29,30)23-14-8-20(25)9-15-23/h4-15,17H,16H2,1-3H3,(H,26,28). The van der Waals surface area contributed by atoms with Crippen molar-refractivity contribution in [3.8, 4) is 0 Å². The second kappa shape index (κ2) is 9.31. The molecule has 0 aromatic heterocycles. The van der Waals surface area contributed by atoms with Crippen LogP contribution < -0.4 is 9.62 Å². The zero-order valence-corrected chi connectivity index (χ0v) is 18.5. The molecular formula is C24H25FN2O3S. The third kappa shape index (κ3) is 5.49. The number of carbonyl (C=O) groups is 1. The van der Waals surface area contributed by atoms with Gasteiger partial charge in [-0.05, 0) is 66.9 Å². The van der Waals surface area contributed by atoms with Crippen LogP contribution in [-0.2, 0) is 14.8 Å². The molecule has 0 spiro atoms. The van der Waals surface area contributed by atoms with E-state index in [-0.39, 0.29) is 4.90 Å². The lowest BCUT2D eigenvalue weighted by Crippen LogP contribution is -2.38. The Kier molecular flexibility index (Phi) is 6.75. The van der Waals surface area contributed by atoms with Crippen molar-refractivity contribution in [3.63, 3.8) is 0 Å². The van der Waals surface area contributed by atoms with Gasteiger partial charge in [-0.2, -0.15) is 0 Å². The Hall–Kier alpha value is -3.19. The molecule has 1 N–H and O–H groups in total. The van der Waals surface area contributed by atoms with Crippen molar-refractivity contribution in [3.05, 3.63) is 89.7 Å². The number of benzene rings is 3. The molecule has 0 fully saturated rings. The molecule has 5 nitrogen and oxygen atoms in total. The van der Waals surface area contributed by atoms with Crippen molar-refractivity contribution in [1.82, 2.24) is 0 Å². The lowest BCUT2D eigenvalue weighted by atomic mass is 10.0. The van der Waals surface area contributed by atoms with Crippen LogP contribution in [-0.4, -0.2) is 20.9 Å². The largest absolute Gasteiger partial charge is 0.325 e. The lowest BCUT2D eigenvalue weighted by molar-refractivity contribution is -0.114. The van der Waals surface area contributed by atoms with Gasteiger partial charge in [0, 0.05) is 5.69 Å². The van der Waals surface area contributed by atoms with Crippen LogP contribution in [0.5, 0.6) is 0 Å². The fourth-order valence-electron chi connectivity index (χ4n) is 3.04. The molecule has 0 aliphatic rings. The molecule has 3 rings (SSSR count). The van der Waals surface area contributed by atoms with Gasteiger partial charge in [-0.25, -0.2) is 12.8 Å². The molecule has 0 bridgehead atoms. The summed E-state index contributed by atoms with van der Waals surface area (Å²) in [7, 11) is -4.08. The molecule has 7 heteroatoms. The molecule has 162 valence electrons. The molecule has 0 unspecified atom stereocenters. The normalized spacial score (nSPS) is 11.4. The Bertz CT molecular complexity index is 1140. The van der Waals surface area contributed by atoms with E-state index in [1.165, 1.54) is 12.1 Å². The maximum atomic E-state index is 13.3. The predicted octanol–water partition coefficient (Wildman–Crippen LogP) is 5.09. The summed E-state index contributed by atoms with van der Waals surface area (Å²) in [4.78, 5) is 12.6. The second-order valence-electron chi connectivity index (χ2n) is 7.63. The molecule has 0 saturated carbocycles. The number of halogens is 1. The summed E-state index contributed by atoms with van der Waals surface area (Å²) in [5, 5.41) is 2.75. The highest BCUT2D eigenvalue weighted by Crippen LogP contribution is 2.25. The molecule has 0 radical (unpaired) electrons. The Morgan fingerprint density at radius 3 is 2.06 bits per heavy atom. The van der Waals surface area contributed by atoms with E-state index in [1.807, 2.05) is 19.1 Å². The smallest absolute Gasteiger partial charge is 0.264 e. The number of nitrogens with one attached hydrogen (secondary N) is 1. The number of amides is 1. The summed E-state index contributed by atoms with van der Waals surface area (Å²) >= 11 is 0. The van der Waals surface area contributed by atoms with E-state index in [9.17, 15) is 17.6 Å². The van der Waals surface area contributed by atoms with Crippen molar-refractivity contribution >= 4 is 27.3 Å². The average molecular weight is 441 g/mol. The maximum absolute atomic E-state index is 13.3. The van der Waals surface area contributed by atoms with E-state index in [0.717, 1.165) is 27.6 Å². The van der Waals surface area contributed by atoms with Gasteiger partial charge in [0.2, 0.25) is 5.91 Å². The molecule has 3 aromatic rings. The monoisotopic (exact) mass is 440 g/mol. The number of sulfonamides is 1. The van der Waals surface area contributed by atoms with Gasteiger partial charge >= 0.3 is 0 Å². The van der Waals surface area contributed by atoms with Crippen LogP contribution in [0.1, 0.15) is 30.9 Å². The van der Waals surface area contributed by atoms with E-state index >= 15 is 0 Å². The third-order valence-electron chi connectivity index (χ3n) is 4.87. The molecule has 0 saturated heterocycles. The quantitative estimate of drug-likeness (QED) is 0.556. The summed E-state index contributed by atoms with van der Waals surface area (Å²) in [6.45, 7) is 5.62. The zero-order chi connectivity index (χ0) is 22.6. The molecule has 3 aromatic carbocycles. The van der Waals surface area contributed by atoms with E-state index in [2.05, 4.69) is 19.2 Å². The van der Waals surface area contributed by atoms with Crippen LogP contribution in [0.25, 0.3) is 0 Å². The number of rotatable bonds is 7. The van der Waals surface area contributed by atoms with E-state index in [1.54, 1.807) is 36.4 Å². The summed E-state index contributed by atoms with van der Waals surface area (Å²) in [6, 6.07) is 18.8. The van der Waals surface area contributed by atoms with Gasteiger partial charge in [0.05, 0.1) is 10.6 Å². The Morgan fingerprint density at radius 1 is 0.935 bits per heavy atom. The van der Waals surface area contributed by atoms with Crippen LogP contribution in [0.15, 0.2) is 77.7 Å². The summed E-state index contributed by atoms with van der Waals surface area (Å²) in [6.07, 6.45) is 0. The first-order chi connectivity index (χ1) is 14.7. The van der Waals surface area contributed by atoms with Crippen molar-refractivity contribution in [2.75, 3.05) is 16.2 Å². The molecule has 0 aliphatic heterocycles. The number of nitrogens with zero attached hydrogens (tertiary/aromatic N) is 1. The second-order valence-corrected chi connectivity index (χ2v) is 9.49. The van der Waals surface area contributed by atoms with Crippen molar-refractivity contribution in [2.24, 2.45) is 0 Å². The van der Waals surface area contributed by atoms with Crippen LogP contribution in [0.2, 0.25) is 0 Å². The van der Waals surface area contributed by atoms with E-state index in [0.29, 0.717) is 17.3 Å². The molecule has 1 amide bonds. The number of hydrogen-bond acceptors (Lipinski definition) is 3. The molecule has 0 heterocycles. The minimum Gasteiger partial charge on any atom is -0.325 e. The van der Waals surface area contributed by atoms with Gasteiger partial charge in [-0.3, -0.25) is 9.10 Å². The highest BCUT2D eigenvalue weighted by Gasteiger charge is 2.27. The SMILES string of the molecule is Cc1ccc(N(CC(=O)Nc2ccc(C(C)C)cc2)S(=O)(=O)c2ccc(F)cc2)cc1. The van der Waals surface area contributed by atoms with Gasteiger partial charge < -0.3 is 5.32 Å². The topological polar surface area (TPSA) is 66.5 Å².